The number of aromatic amines is 1. The summed E-state index contributed by atoms with van der Waals surface area (Å²) in [7, 11) is 0. The normalized spacial score (nSPS) is 10.8. The van der Waals surface area contributed by atoms with Gasteiger partial charge in [-0.15, -0.1) is 0 Å². The number of anilines is 1. The van der Waals surface area contributed by atoms with Crippen LogP contribution in [0.15, 0.2) is 6.07 Å². The molecule has 0 aliphatic rings. The second-order valence-corrected chi connectivity index (χ2v) is 4.01. The maximum Gasteiger partial charge on any atom is 0.226 e. The molecule has 0 aliphatic heterocycles. The Balaban J connectivity index is 2.37. The monoisotopic (exact) mass is 224 g/mol. The first-order valence-electron chi connectivity index (χ1n) is 5.69. The molecule has 1 aromatic heterocycles. The molecule has 1 amide bonds. The van der Waals surface area contributed by atoms with Crippen LogP contribution in [-0.2, 0) is 4.79 Å². The Morgan fingerprint density at radius 3 is 2.88 bits per heavy atom. The van der Waals surface area contributed by atoms with Crippen molar-refractivity contribution in [2.45, 2.75) is 33.1 Å². The van der Waals surface area contributed by atoms with Gasteiger partial charge in [0.2, 0.25) is 5.91 Å². The van der Waals surface area contributed by atoms with Crippen LogP contribution in [0, 0.1) is 0 Å². The highest BCUT2D eigenvalue weighted by molar-refractivity contribution is 5.89. The van der Waals surface area contributed by atoms with E-state index in [2.05, 4.69) is 34.7 Å². The molecule has 1 rings (SSSR count). The molecule has 0 aliphatic carbocycles. The molecule has 0 atom stereocenters. The largest absolute Gasteiger partial charge is 0.316 e. The molecule has 0 spiro atoms. The van der Waals surface area contributed by atoms with Crippen LogP contribution in [-0.4, -0.2) is 29.2 Å². The van der Waals surface area contributed by atoms with Crippen molar-refractivity contribution >= 4 is 11.7 Å². The van der Waals surface area contributed by atoms with Crippen molar-refractivity contribution in [2.75, 3.05) is 18.4 Å². The summed E-state index contributed by atoms with van der Waals surface area (Å²) in [5, 5.41) is 12.8. The third-order valence-electron chi connectivity index (χ3n) is 2.27. The molecular weight excluding hydrogens is 204 g/mol. The lowest BCUT2D eigenvalue weighted by Crippen LogP contribution is -2.21. The maximum atomic E-state index is 11.5. The van der Waals surface area contributed by atoms with Crippen molar-refractivity contribution < 1.29 is 4.79 Å². The van der Waals surface area contributed by atoms with Crippen molar-refractivity contribution in [3.8, 4) is 0 Å². The highest BCUT2D eigenvalue weighted by Gasteiger charge is 2.07. The van der Waals surface area contributed by atoms with Crippen LogP contribution in [0.25, 0.3) is 0 Å². The molecule has 3 N–H and O–H groups in total. The van der Waals surface area contributed by atoms with Crippen LogP contribution in [0.1, 0.15) is 38.8 Å². The third kappa shape index (κ3) is 4.02. The van der Waals surface area contributed by atoms with Crippen molar-refractivity contribution in [2.24, 2.45) is 0 Å². The van der Waals surface area contributed by atoms with Crippen LogP contribution in [0.4, 0.5) is 5.82 Å². The van der Waals surface area contributed by atoms with Gasteiger partial charge in [0.15, 0.2) is 5.82 Å². The van der Waals surface area contributed by atoms with Crippen LogP contribution < -0.4 is 10.6 Å². The number of carbonyl (C=O) groups is 1. The van der Waals surface area contributed by atoms with Crippen molar-refractivity contribution in [1.29, 1.82) is 0 Å². The molecule has 0 aromatic carbocycles. The molecule has 0 saturated carbocycles. The molecule has 0 fully saturated rings. The van der Waals surface area contributed by atoms with Gasteiger partial charge < -0.3 is 10.6 Å². The van der Waals surface area contributed by atoms with E-state index in [9.17, 15) is 4.79 Å². The van der Waals surface area contributed by atoms with Gasteiger partial charge in [0.25, 0.3) is 0 Å². The summed E-state index contributed by atoms with van der Waals surface area (Å²) in [4.78, 5) is 11.5. The topological polar surface area (TPSA) is 69.8 Å². The van der Waals surface area contributed by atoms with E-state index in [1.807, 2.05) is 13.0 Å². The van der Waals surface area contributed by atoms with Crippen molar-refractivity contribution in [1.82, 2.24) is 15.5 Å². The van der Waals surface area contributed by atoms with Crippen molar-refractivity contribution in [3.63, 3.8) is 0 Å². The van der Waals surface area contributed by atoms with Crippen LogP contribution in [0.3, 0.4) is 0 Å². The molecule has 0 saturated heterocycles. The zero-order valence-electron chi connectivity index (χ0n) is 10.1. The molecule has 5 nitrogen and oxygen atoms in total. The Kier molecular flexibility index (Phi) is 4.98. The summed E-state index contributed by atoms with van der Waals surface area (Å²) >= 11 is 0. The van der Waals surface area contributed by atoms with Gasteiger partial charge in [-0.25, -0.2) is 0 Å². The van der Waals surface area contributed by atoms with Crippen LogP contribution >= 0.6 is 0 Å². The Morgan fingerprint density at radius 2 is 2.31 bits per heavy atom. The van der Waals surface area contributed by atoms with E-state index in [0.717, 1.165) is 12.2 Å². The van der Waals surface area contributed by atoms with Gasteiger partial charge in [-0.3, -0.25) is 9.89 Å². The Bertz CT molecular complexity index is 332. The number of H-pyrrole nitrogens is 1. The van der Waals surface area contributed by atoms with E-state index in [1.165, 1.54) is 0 Å². The van der Waals surface area contributed by atoms with Gasteiger partial charge in [-0.05, 0) is 12.5 Å². The fourth-order valence-corrected chi connectivity index (χ4v) is 1.28. The lowest BCUT2D eigenvalue weighted by atomic mass is 10.1. The molecular formula is C11H20N4O. The first-order chi connectivity index (χ1) is 7.63. The Hall–Kier alpha value is -1.36. The maximum absolute atomic E-state index is 11.5. The number of aromatic nitrogens is 2. The lowest BCUT2D eigenvalue weighted by molar-refractivity contribution is -0.116. The molecule has 0 radical (unpaired) electrons. The second kappa shape index (κ2) is 6.27. The number of carbonyl (C=O) groups excluding carboxylic acids is 1. The summed E-state index contributed by atoms with van der Waals surface area (Å²) < 4.78 is 0. The number of nitrogens with zero attached hydrogens (tertiary/aromatic N) is 1. The van der Waals surface area contributed by atoms with Gasteiger partial charge in [0.1, 0.15) is 0 Å². The molecule has 16 heavy (non-hydrogen) atoms. The number of rotatable bonds is 6. The smallest absolute Gasteiger partial charge is 0.226 e. The van der Waals surface area contributed by atoms with Gasteiger partial charge >= 0.3 is 0 Å². The molecule has 0 bridgehead atoms. The number of nitrogens with one attached hydrogen (secondary N) is 3. The summed E-state index contributed by atoms with van der Waals surface area (Å²) in [5.41, 5.74) is 1.03. The van der Waals surface area contributed by atoms with Crippen molar-refractivity contribution in [3.05, 3.63) is 11.8 Å². The zero-order chi connectivity index (χ0) is 12.0. The number of hydrogen-bond donors (Lipinski definition) is 3. The van der Waals surface area contributed by atoms with E-state index >= 15 is 0 Å². The molecule has 1 aromatic rings. The summed E-state index contributed by atoms with van der Waals surface area (Å²) in [5.74, 6) is 0.980. The number of amides is 1. The summed E-state index contributed by atoms with van der Waals surface area (Å²) in [6, 6.07) is 1.87. The van der Waals surface area contributed by atoms with E-state index in [-0.39, 0.29) is 5.91 Å². The van der Waals surface area contributed by atoms with Gasteiger partial charge in [-0.2, -0.15) is 5.10 Å². The van der Waals surface area contributed by atoms with Gasteiger partial charge in [-0.1, -0.05) is 20.8 Å². The molecule has 0 unspecified atom stereocenters. The molecule has 5 heteroatoms. The average molecular weight is 224 g/mol. The fraction of sp³-hybridized carbons (Fsp3) is 0.636. The van der Waals surface area contributed by atoms with Crippen LogP contribution in [0.5, 0.6) is 0 Å². The summed E-state index contributed by atoms with van der Waals surface area (Å²) in [6.45, 7) is 7.74. The summed E-state index contributed by atoms with van der Waals surface area (Å²) in [6.07, 6.45) is 0.470. The van der Waals surface area contributed by atoms with E-state index < -0.39 is 0 Å². The SMILES string of the molecule is CCNCCC(=O)Nc1cc(C(C)C)[nH]n1. The fourth-order valence-electron chi connectivity index (χ4n) is 1.28. The average Bonchev–Trinajstić information content (AvgIpc) is 2.66. The molecule has 1 heterocycles. The quantitative estimate of drug-likeness (QED) is 0.641. The first-order valence-corrected chi connectivity index (χ1v) is 5.69. The Morgan fingerprint density at radius 1 is 1.56 bits per heavy atom. The predicted octanol–water partition coefficient (Wildman–Crippen LogP) is 1.47. The van der Waals surface area contributed by atoms with E-state index in [0.29, 0.717) is 24.7 Å². The third-order valence-corrected chi connectivity index (χ3v) is 2.27. The molecule has 90 valence electrons. The highest BCUT2D eigenvalue weighted by atomic mass is 16.1. The standard InChI is InChI=1S/C11H20N4O/c1-4-12-6-5-11(16)13-10-7-9(8(2)3)14-15-10/h7-8,12H,4-6H2,1-3H3,(H2,13,14,15,16). The van der Waals surface area contributed by atoms with Gasteiger partial charge in [0, 0.05) is 24.7 Å². The van der Waals surface area contributed by atoms with Gasteiger partial charge in [0.05, 0.1) is 0 Å². The van der Waals surface area contributed by atoms with Crippen LogP contribution in [0.2, 0.25) is 0 Å². The minimum Gasteiger partial charge on any atom is -0.316 e. The Labute approximate surface area is 96.0 Å². The predicted molar refractivity (Wildman–Crippen MR) is 64.5 cm³/mol. The number of hydrogen-bond acceptors (Lipinski definition) is 3. The van der Waals surface area contributed by atoms with E-state index in [4.69, 9.17) is 0 Å². The zero-order valence-corrected chi connectivity index (χ0v) is 10.1. The highest BCUT2D eigenvalue weighted by Crippen LogP contribution is 2.14. The minimum absolute atomic E-state index is 0.0113. The first kappa shape index (κ1) is 12.7. The lowest BCUT2D eigenvalue weighted by Gasteiger charge is -2.01. The second-order valence-electron chi connectivity index (χ2n) is 4.01. The minimum atomic E-state index is -0.0113. The van der Waals surface area contributed by atoms with E-state index in [1.54, 1.807) is 0 Å².